The third kappa shape index (κ3) is 4.72. The van der Waals surface area contributed by atoms with Gasteiger partial charge in [0.05, 0.1) is 16.8 Å². The van der Waals surface area contributed by atoms with Gasteiger partial charge >= 0.3 is 0 Å². The maximum absolute atomic E-state index is 13.8. The van der Waals surface area contributed by atoms with Gasteiger partial charge in [0.15, 0.2) is 11.3 Å². The molecule has 0 saturated carbocycles. The van der Waals surface area contributed by atoms with E-state index in [0.717, 1.165) is 54.9 Å². The van der Waals surface area contributed by atoms with E-state index >= 15 is 0 Å². The summed E-state index contributed by atoms with van der Waals surface area (Å²) in [5.74, 6) is 1.02. The van der Waals surface area contributed by atoms with Crippen LogP contribution in [0.15, 0.2) is 53.2 Å². The van der Waals surface area contributed by atoms with Crippen LogP contribution in [0.25, 0.3) is 33.7 Å². The van der Waals surface area contributed by atoms with Gasteiger partial charge in [-0.3, -0.25) is 14.8 Å². The van der Waals surface area contributed by atoms with Gasteiger partial charge in [-0.15, -0.1) is 0 Å². The van der Waals surface area contributed by atoms with Crippen LogP contribution in [-0.2, 0) is 0 Å². The van der Waals surface area contributed by atoms with Gasteiger partial charge in [-0.05, 0) is 80.6 Å². The average Bonchev–Trinajstić information content (AvgIpc) is 3.63. The number of furan rings is 1. The summed E-state index contributed by atoms with van der Waals surface area (Å²) < 4.78 is 20.1. The molecule has 1 amide bonds. The standard InChI is InChI=1S/C32H31FN6O2/c1-19-12-23(32(40)37-27-18-38-9-5-20(27)6-10-38)16-36-30(19)29-14-26-31(41-29)25(4-8-35-26)21-2-3-28(22(13-21)15-34)39-11-7-24(33)17-39/h2-4,8,12-14,16,20,24,27H,5-7,9-11,17-18H2,1H3,(H,37,40)/t24-,27?/m1/s1. The number of aromatic nitrogens is 2. The molecule has 4 aliphatic rings. The summed E-state index contributed by atoms with van der Waals surface area (Å²) in [5, 5.41) is 13.1. The molecule has 208 valence electrons. The molecule has 1 unspecified atom stereocenters. The van der Waals surface area contributed by atoms with E-state index in [1.54, 1.807) is 12.4 Å². The molecule has 9 heteroatoms. The minimum Gasteiger partial charge on any atom is -0.452 e. The van der Waals surface area contributed by atoms with Crippen LogP contribution in [-0.4, -0.2) is 65.7 Å². The van der Waals surface area contributed by atoms with Gasteiger partial charge in [0.1, 0.15) is 23.5 Å². The molecule has 0 radical (unpaired) electrons. The van der Waals surface area contributed by atoms with Crippen LogP contribution in [0.2, 0.25) is 0 Å². The summed E-state index contributed by atoms with van der Waals surface area (Å²) in [5.41, 5.74) is 6.16. The number of halogens is 1. The SMILES string of the molecule is Cc1cc(C(=O)NC2CN3CCC2CC3)cnc1-c1cc2nccc(-c3ccc(N4CC[C@@H](F)C4)c(C#N)c3)c2o1. The first-order valence-corrected chi connectivity index (χ1v) is 14.3. The van der Waals surface area contributed by atoms with Crippen LogP contribution in [0, 0.1) is 24.2 Å². The molecule has 0 aliphatic carbocycles. The number of nitrogens with one attached hydrogen (secondary N) is 1. The van der Waals surface area contributed by atoms with Gasteiger partial charge in [-0.25, -0.2) is 4.39 Å². The lowest BCUT2D eigenvalue weighted by molar-refractivity contribution is 0.0620. The Bertz CT molecular complexity index is 1690. The lowest BCUT2D eigenvalue weighted by atomic mass is 9.84. The van der Waals surface area contributed by atoms with Gasteiger partial charge < -0.3 is 19.5 Å². The quantitative estimate of drug-likeness (QED) is 0.369. The molecule has 4 fully saturated rings. The van der Waals surface area contributed by atoms with E-state index in [-0.39, 0.29) is 11.9 Å². The highest BCUT2D eigenvalue weighted by Gasteiger charge is 2.35. The van der Waals surface area contributed by atoms with Crippen molar-refractivity contribution in [2.45, 2.75) is 38.4 Å². The van der Waals surface area contributed by atoms with E-state index in [1.165, 1.54) is 0 Å². The molecule has 1 N–H and O–H groups in total. The Kier molecular flexibility index (Phi) is 6.43. The van der Waals surface area contributed by atoms with E-state index in [0.29, 0.717) is 59.1 Å². The number of hydrogen-bond acceptors (Lipinski definition) is 7. The third-order valence-corrected chi connectivity index (χ3v) is 8.86. The van der Waals surface area contributed by atoms with Crippen LogP contribution in [0.5, 0.6) is 0 Å². The molecule has 2 bridgehead atoms. The molecule has 8 nitrogen and oxygen atoms in total. The summed E-state index contributed by atoms with van der Waals surface area (Å²) in [6.45, 7) is 6.01. The largest absolute Gasteiger partial charge is 0.452 e. The molecule has 1 aromatic carbocycles. The Balaban J connectivity index is 1.16. The summed E-state index contributed by atoms with van der Waals surface area (Å²) in [6.07, 6.45) is 5.22. The lowest BCUT2D eigenvalue weighted by Gasteiger charge is -2.44. The number of carbonyl (C=O) groups excluding carboxylic acids is 1. The highest BCUT2D eigenvalue weighted by Crippen LogP contribution is 2.36. The minimum absolute atomic E-state index is 0.0906. The smallest absolute Gasteiger partial charge is 0.253 e. The van der Waals surface area contributed by atoms with Gasteiger partial charge in [0.25, 0.3) is 5.91 Å². The molecule has 41 heavy (non-hydrogen) atoms. The zero-order valence-electron chi connectivity index (χ0n) is 22.9. The zero-order valence-corrected chi connectivity index (χ0v) is 22.9. The molecule has 3 aromatic heterocycles. The van der Waals surface area contributed by atoms with E-state index in [2.05, 4.69) is 26.3 Å². The molecule has 4 aromatic rings. The second-order valence-electron chi connectivity index (χ2n) is 11.5. The Morgan fingerprint density at radius 1 is 1.10 bits per heavy atom. The number of anilines is 1. The summed E-state index contributed by atoms with van der Waals surface area (Å²) in [7, 11) is 0. The fraction of sp³-hybridized carbons (Fsp3) is 0.375. The van der Waals surface area contributed by atoms with Crippen molar-refractivity contribution >= 4 is 22.7 Å². The summed E-state index contributed by atoms with van der Waals surface area (Å²) in [6, 6.07) is 13.7. The number of rotatable bonds is 5. The number of hydrogen-bond donors (Lipinski definition) is 1. The van der Waals surface area contributed by atoms with Crippen molar-refractivity contribution in [3.63, 3.8) is 0 Å². The molecule has 8 rings (SSSR count). The number of aryl methyl sites for hydroxylation is 1. The topological polar surface area (TPSA) is 98.3 Å². The van der Waals surface area contributed by atoms with Gasteiger partial charge in [0.2, 0.25) is 0 Å². The number of fused-ring (bicyclic) bond motifs is 4. The fourth-order valence-electron chi connectivity index (χ4n) is 6.62. The number of benzene rings is 1. The second kappa shape index (κ2) is 10.3. The van der Waals surface area contributed by atoms with Crippen LogP contribution in [0.3, 0.4) is 0 Å². The van der Waals surface area contributed by atoms with Crippen molar-refractivity contribution < 1.29 is 13.6 Å². The Labute approximate surface area is 237 Å². The number of carbonyl (C=O) groups is 1. The molecular weight excluding hydrogens is 519 g/mol. The lowest BCUT2D eigenvalue weighted by Crippen LogP contribution is -2.57. The maximum atomic E-state index is 13.8. The van der Waals surface area contributed by atoms with Crippen LogP contribution in [0.1, 0.15) is 40.7 Å². The molecular formula is C32H31FN6O2. The normalized spacial score (nSPS) is 23.6. The van der Waals surface area contributed by atoms with E-state index in [1.807, 2.05) is 48.2 Å². The van der Waals surface area contributed by atoms with Crippen molar-refractivity contribution in [3.05, 3.63) is 65.5 Å². The van der Waals surface area contributed by atoms with Crippen molar-refractivity contribution in [3.8, 4) is 28.7 Å². The molecule has 2 atom stereocenters. The molecule has 4 aliphatic heterocycles. The van der Waals surface area contributed by atoms with E-state index in [4.69, 9.17) is 4.42 Å². The zero-order chi connectivity index (χ0) is 28.1. The van der Waals surface area contributed by atoms with Crippen molar-refractivity contribution in [2.75, 3.05) is 37.6 Å². The van der Waals surface area contributed by atoms with Gasteiger partial charge in [-0.2, -0.15) is 5.26 Å². The Morgan fingerprint density at radius 3 is 2.66 bits per heavy atom. The number of piperidine rings is 3. The summed E-state index contributed by atoms with van der Waals surface area (Å²) in [4.78, 5) is 26.5. The third-order valence-electron chi connectivity index (χ3n) is 8.86. The van der Waals surface area contributed by atoms with Crippen molar-refractivity contribution in [1.82, 2.24) is 20.2 Å². The van der Waals surface area contributed by atoms with Crippen molar-refractivity contribution in [2.24, 2.45) is 5.92 Å². The van der Waals surface area contributed by atoms with Crippen LogP contribution >= 0.6 is 0 Å². The highest BCUT2D eigenvalue weighted by molar-refractivity contribution is 5.95. The number of pyridine rings is 2. The van der Waals surface area contributed by atoms with Crippen molar-refractivity contribution in [1.29, 1.82) is 5.26 Å². The molecule has 7 heterocycles. The van der Waals surface area contributed by atoms with E-state index in [9.17, 15) is 14.4 Å². The van der Waals surface area contributed by atoms with Crippen LogP contribution < -0.4 is 10.2 Å². The second-order valence-corrected chi connectivity index (χ2v) is 11.5. The first kappa shape index (κ1) is 25.7. The minimum atomic E-state index is -0.867. The Morgan fingerprint density at radius 2 is 1.95 bits per heavy atom. The predicted molar refractivity (Wildman–Crippen MR) is 154 cm³/mol. The van der Waals surface area contributed by atoms with E-state index < -0.39 is 6.17 Å². The summed E-state index contributed by atoms with van der Waals surface area (Å²) >= 11 is 0. The first-order chi connectivity index (χ1) is 20.0. The first-order valence-electron chi connectivity index (χ1n) is 14.3. The predicted octanol–water partition coefficient (Wildman–Crippen LogP) is 5.11. The number of alkyl halides is 1. The molecule has 4 saturated heterocycles. The number of amides is 1. The number of nitrogens with zero attached hydrogens (tertiary/aromatic N) is 5. The van der Waals surface area contributed by atoms with Gasteiger partial charge in [-0.1, -0.05) is 6.07 Å². The fourth-order valence-corrected chi connectivity index (χ4v) is 6.62. The molecule has 0 spiro atoms. The Hall–Kier alpha value is -4.29. The monoisotopic (exact) mass is 550 g/mol. The average molecular weight is 551 g/mol. The number of nitriles is 1. The highest BCUT2D eigenvalue weighted by atomic mass is 19.1. The van der Waals surface area contributed by atoms with Gasteiger partial charge in [0, 0.05) is 49.7 Å². The van der Waals surface area contributed by atoms with Crippen LogP contribution in [0.4, 0.5) is 10.1 Å². The maximum Gasteiger partial charge on any atom is 0.253 e.